The van der Waals surface area contributed by atoms with Gasteiger partial charge in [-0.25, -0.2) is 0 Å². The lowest BCUT2D eigenvalue weighted by atomic mass is 10.0. The summed E-state index contributed by atoms with van der Waals surface area (Å²) >= 11 is 0. The van der Waals surface area contributed by atoms with Crippen LogP contribution in [0.15, 0.2) is 0 Å². The van der Waals surface area contributed by atoms with E-state index >= 15 is 0 Å². The van der Waals surface area contributed by atoms with Crippen molar-refractivity contribution in [3.63, 3.8) is 0 Å². The van der Waals surface area contributed by atoms with Crippen molar-refractivity contribution in [3.8, 4) is 0 Å². The Balaban J connectivity index is 3.30. The molecular formula is C30H66N2+2. The summed E-state index contributed by atoms with van der Waals surface area (Å²) in [6, 6.07) is 0. The second kappa shape index (κ2) is 21.5. The van der Waals surface area contributed by atoms with Gasteiger partial charge < -0.3 is 8.97 Å². The van der Waals surface area contributed by atoms with Crippen molar-refractivity contribution in [3.05, 3.63) is 0 Å². The zero-order valence-electron chi connectivity index (χ0n) is 23.9. The van der Waals surface area contributed by atoms with Gasteiger partial charge in [-0.3, -0.25) is 0 Å². The van der Waals surface area contributed by atoms with E-state index in [1.165, 1.54) is 164 Å². The normalized spacial score (nSPS) is 15.6. The second-order valence-corrected chi connectivity index (χ2v) is 11.4. The van der Waals surface area contributed by atoms with E-state index in [-0.39, 0.29) is 0 Å². The average molecular weight is 455 g/mol. The van der Waals surface area contributed by atoms with Crippen LogP contribution >= 0.6 is 0 Å². The van der Waals surface area contributed by atoms with Crippen LogP contribution in [-0.2, 0) is 0 Å². The van der Waals surface area contributed by atoms with E-state index in [1.54, 1.807) is 0 Å². The lowest BCUT2D eigenvalue weighted by molar-refractivity contribution is -0.908. The molecule has 0 aliphatic rings. The first kappa shape index (κ1) is 31.9. The summed E-state index contributed by atoms with van der Waals surface area (Å²) in [5.41, 5.74) is 0. The third-order valence-corrected chi connectivity index (χ3v) is 8.20. The highest BCUT2D eigenvalue weighted by Gasteiger charge is 2.17. The monoisotopic (exact) mass is 455 g/mol. The molecule has 0 saturated carbocycles. The Hall–Kier alpha value is -0.0800. The Morgan fingerprint density at radius 3 is 0.719 bits per heavy atom. The van der Waals surface area contributed by atoms with Crippen molar-refractivity contribution in [1.29, 1.82) is 0 Å². The minimum Gasteiger partial charge on any atom is -0.326 e. The molecule has 2 unspecified atom stereocenters. The Morgan fingerprint density at radius 2 is 0.531 bits per heavy atom. The van der Waals surface area contributed by atoms with Gasteiger partial charge in [-0.15, -0.1) is 0 Å². The Morgan fingerprint density at radius 1 is 0.312 bits per heavy atom. The molecule has 0 saturated heterocycles. The molecule has 0 bridgehead atoms. The molecule has 0 aromatic carbocycles. The molecule has 0 aromatic heterocycles. The third-order valence-electron chi connectivity index (χ3n) is 8.20. The predicted molar refractivity (Wildman–Crippen MR) is 147 cm³/mol. The summed E-state index contributed by atoms with van der Waals surface area (Å²) in [6.45, 7) is 17.4. The molecule has 0 amide bonds. The number of quaternary nitrogens is 2. The van der Waals surface area contributed by atoms with E-state index in [9.17, 15) is 0 Å². The molecule has 194 valence electrons. The van der Waals surface area contributed by atoms with Crippen molar-refractivity contribution < 1.29 is 8.97 Å². The molecule has 2 nitrogen and oxygen atoms in total. The summed E-state index contributed by atoms with van der Waals surface area (Å²) in [5.74, 6) is 0. The van der Waals surface area contributed by atoms with E-state index in [2.05, 4.69) is 41.8 Å². The predicted octanol–water partition coefficient (Wildman–Crippen LogP) is 8.98. The molecule has 0 fully saturated rings. The Kier molecular flexibility index (Phi) is 21.4. The van der Waals surface area contributed by atoms with Gasteiger partial charge in [0.2, 0.25) is 0 Å². The second-order valence-electron chi connectivity index (χ2n) is 11.4. The van der Waals surface area contributed by atoms with Crippen LogP contribution in [0, 0.1) is 0 Å². The van der Waals surface area contributed by atoms with E-state index in [0.717, 1.165) is 0 Å². The summed E-state index contributed by atoms with van der Waals surface area (Å²) < 4.78 is 2.57. The maximum atomic E-state index is 2.44. The van der Waals surface area contributed by atoms with Gasteiger partial charge >= 0.3 is 0 Å². The van der Waals surface area contributed by atoms with Crippen LogP contribution in [0.1, 0.15) is 143 Å². The zero-order valence-corrected chi connectivity index (χ0v) is 23.9. The van der Waals surface area contributed by atoms with Crippen molar-refractivity contribution in [2.24, 2.45) is 0 Å². The summed E-state index contributed by atoms with van der Waals surface area (Å²) in [7, 11) is 4.89. The average Bonchev–Trinajstić information content (AvgIpc) is 2.78. The molecule has 0 aromatic rings. The van der Waals surface area contributed by atoms with E-state index in [0.29, 0.717) is 0 Å². The zero-order chi connectivity index (χ0) is 24.0. The molecule has 0 N–H and O–H groups in total. The van der Waals surface area contributed by atoms with Crippen LogP contribution in [0.3, 0.4) is 0 Å². The Labute approximate surface area is 205 Å². The molecule has 0 aliphatic carbocycles. The maximum absolute atomic E-state index is 2.44. The van der Waals surface area contributed by atoms with E-state index in [1.807, 2.05) is 0 Å². The van der Waals surface area contributed by atoms with Crippen molar-refractivity contribution in [1.82, 2.24) is 0 Å². The van der Waals surface area contributed by atoms with Gasteiger partial charge in [0.15, 0.2) is 0 Å². The fourth-order valence-corrected chi connectivity index (χ4v) is 5.40. The first-order chi connectivity index (χ1) is 15.4. The fraction of sp³-hybridized carbons (Fsp3) is 1.00. The quantitative estimate of drug-likeness (QED) is 0.0953. The number of unbranched alkanes of at least 4 members (excludes halogenated alkanes) is 15. The van der Waals surface area contributed by atoms with Gasteiger partial charge in [-0.05, 0) is 52.4 Å². The largest absolute Gasteiger partial charge is 0.326 e. The van der Waals surface area contributed by atoms with Crippen molar-refractivity contribution in [2.75, 3.05) is 53.4 Å². The maximum Gasteiger partial charge on any atom is 0.0784 e. The summed E-state index contributed by atoms with van der Waals surface area (Å²) in [5, 5.41) is 0. The highest BCUT2D eigenvalue weighted by Crippen LogP contribution is 2.15. The smallest absolute Gasteiger partial charge is 0.0784 e. The Bertz CT molecular complexity index is 347. The highest BCUT2D eigenvalue weighted by molar-refractivity contribution is 4.51. The highest BCUT2D eigenvalue weighted by atomic mass is 15.3. The molecule has 0 heterocycles. The van der Waals surface area contributed by atoms with Crippen molar-refractivity contribution >= 4 is 0 Å². The third kappa shape index (κ3) is 18.4. The minimum absolute atomic E-state index is 1.29. The van der Waals surface area contributed by atoms with Crippen LogP contribution in [0.4, 0.5) is 0 Å². The van der Waals surface area contributed by atoms with E-state index in [4.69, 9.17) is 0 Å². The lowest BCUT2D eigenvalue weighted by Crippen LogP contribution is -2.45. The van der Waals surface area contributed by atoms with Gasteiger partial charge in [0.1, 0.15) is 0 Å². The fourth-order valence-electron chi connectivity index (χ4n) is 5.40. The molecule has 2 atom stereocenters. The van der Waals surface area contributed by atoms with Crippen LogP contribution in [0.25, 0.3) is 0 Å². The molecule has 0 rings (SSSR count). The molecular weight excluding hydrogens is 388 g/mol. The van der Waals surface area contributed by atoms with Crippen molar-refractivity contribution in [2.45, 2.75) is 143 Å². The van der Waals surface area contributed by atoms with Gasteiger partial charge in [0, 0.05) is 0 Å². The topological polar surface area (TPSA) is 0 Å². The van der Waals surface area contributed by atoms with Crippen LogP contribution < -0.4 is 0 Å². The van der Waals surface area contributed by atoms with Gasteiger partial charge in [-0.2, -0.15) is 0 Å². The molecule has 32 heavy (non-hydrogen) atoms. The lowest BCUT2D eigenvalue weighted by Gasteiger charge is -2.33. The van der Waals surface area contributed by atoms with Crippen LogP contribution in [0.5, 0.6) is 0 Å². The first-order valence-electron chi connectivity index (χ1n) is 15.1. The van der Waals surface area contributed by atoms with Crippen LogP contribution in [-0.4, -0.2) is 62.3 Å². The summed E-state index contributed by atoms with van der Waals surface area (Å²) in [6.07, 6.45) is 26.1. The van der Waals surface area contributed by atoms with Gasteiger partial charge in [0.25, 0.3) is 0 Å². The van der Waals surface area contributed by atoms with Gasteiger partial charge in [0.05, 0.1) is 53.4 Å². The van der Waals surface area contributed by atoms with Crippen LogP contribution in [0.2, 0.25) is 0 Å². The SMILES string of the molecule is CCC[N+](C)(CC)CCCCCCCCCCCCCCCCCC[N+](C)(CC)CCC. The molecule has 2 heteroatoms. The number of hydrogen-bond acceptors (Lipinski definition) is 0. The van der Waals surface area contributed by atoms with Gasteiger partial charge in [-0.1, -0.05) is 90.9 Å². The molecule has 0 spiro atoms. The number of rotatable bonds is 25. The number of hydrogen-bond donors (Lipinski definition) is 0. The van der Waals surface area contributed by atoms with E-state index < -0.39 is 0 Å². The molecule has 0 aliphatic heterocycles. The number of nitrogens with zero attached hydrogens (tertiary/aromatic N) is 2. The minimum atomic E-state index is 1.29. The summed E-state index contributed by atoms with van der Waals surface area (Å²) in [4.78, 5) is 0. The standard InChI is InChI=1S/C30H66N2/c1-7-27-31(5,9-3)29-25-23-21-19-17-15-13-11-12-14-16-18-20-22-24-26-30-32(6,10-4)28-8-2/h7-30H2,1-6H3/q+2. The first-order valence-corrected chi connectivity index (χ1v) is 15.1. The molecule has 0 radical (unpaired) electrons.